The lowest BCUT2D eigenvalue weighted by atomic mass is 9.92. The van der Waals surface area contributed by atoms with Crippen molar-refractivity contribution >= 4 is 44.5 Å². The number of allylic oxidation sites excluding steroid dienone is 1. The van der Waals surface area contributed by atoms with E-state index in [0.717, 1.165) is 34.1 Å². The minimum Gasteiger partial charge on any atom is -0.326 e. The van der Waals surface area contributed by atoms with Gasteiger partial charge in [0.1, 0.15) is 11.9 Å². The Morgan fingerprint density at radius 3 is 2.77 bits per heavy atom. The maximum Gasteiger partial charge on any atom is 0.214 e. The molecule has 0 bridgehead atoms. The first-order chi connectivity index (χ1) is 16.8. The van der Waals surface area contributed by atoms with Crippen molar-refractivity contribution < 1.29 is 12.8 Å². The first kappa shape index (κ1) is 23.0. The number of aromatic nitrogens is 1. The van der Waals surface area contributed by atoms with Crippen LogP contribution in [-0.4, -0.2) is 47.7 Å². The number of hydrogen-bond donors (Lipinski definition) is 1. The Morgan fingerprint density at radius 2 is 2.11 bits per heavy atom. The Labute approximate surface area is 212 Å². The van der Waals surface area contributed by atoms with Gasteiger partial charge in [0.25, 0.3) is 0 Å². The normalized spacial score (nSPS) is 24.4. The minimum atomic E-state index is -3.36. The second kappa shape index (κ2) is 8.62. The maximum atomic E-state index is 13.9. The fraction of sp³-hybridized carbons (Fsp3) is 0.375. The van der Waals surface area contributed by atoms with Crippen LogP contribution in [0, 0.1) is 5.82 Å². The number of fused-ring (bicyclic) bond motifs is 1. The Morgan fingerprint density at radius 1 is 1.29 bits per heavy atom. The number of aliphatic imine (C=N–C) groups is 2. The molecule has 1 saturated heterocycles. The summed E-state index contributed by atoms with van der Waals surface area (Å²) in [4.78, 5) is 16.4. The van der Waals surface area contributed by atoms with Crippen LogP contribution >= 0.6 is 22.9 Å². The molecule has 1 N–H and O–H groups in total. The predicted octanol–water partition coefficient (Wildman–Crippen LogP) is 4.60. The zero-order valence-electron chi connectivity index (χ0n) is 18.9. The van der Waals surface area contributed by atoms with Gasteiger partial charge in [-0.15, -0.1) is 11.3 Å². The van der Waals surface area contributed by atoms with E-state index >= 15 is 0 Å². The second-order valence-electron chi connectivity index (χ2n) is 9.23. The van der Waals surface area contributed by atoms with Crippen molar-refractivity contribution in [2.75, 3.05) is 6.54 Å². The summed E-state index contributed by atoms with van der Waals surface area (Å²) < 4.78 is 42.3. The van der Waals surface area contributed by atoms with Gasteiger partial charge in [-0.2, -0.15) is 0 Å². The number of sulfonamides is 1. The van der Waals surface area contributed by atoms with E-state index in [1.54, 1.807) is 12.3 Å². The van der Waals surface area contributed by atoms with Crippen molar-refractivity contribution in [2.24, 2.45) is 9.98 Å². The lowest BCUT2D eigenvalue weighted by Crippen LogP contribution is -2.40. The molecule has 1 aliphatic carbocycles. The molecule has 1 aromatic carbocycles. The molecule has 0 spiro atoms. The van der Waals surface area contributed by atoms with Crippen LogP contribution in [0.25, 0.3) is 0 Å². The molecular formula is C24H23ClFN5O2S2. The molecule has 2 atom stereocenters. The highest BCUT2D eigenvalue weighted by Gasteiger charge is 2.44. The van der Waals surface area contributed by atoms with E-state index < -0.39 is 21.9 Å². The van der Waals surface area contributed by atoms with Crippen molar-refractivity contribution in [1.82, 2.24) is 14.6 Å². The van der Waals surface area contributed by atoms with Crippen LogP contribution in [0.5, 0.6) is 0 Å². The molecule has 0 radical (unpaired) electrons. The number of amidine groups is 1. The lowest BCUT2D eigenvalue weighted by molar-refractivity contribution is 0.511. The van der Waals surface area contributed by atoms with Gasteiger partial charge in [-0.05, 0) is 31.9 Å². The Kier molecular flexibility index (Phi) is 5.67. The van der Waals surface area contributed by atoms with E-state index in [0.29, 0.717) is 37.2 Å². The molecule has 35 heavy (non-hydrogen) atoms. The molecule has 1 aromatic heterocycles. The highest BCUT2D eigenvalue weighted by molar-refractivity contribution is 7.90. The molecule has 11 heteroatoms. The maximum absolute atomic E-state index is 13.9. The lowest BCUT2D eigenvalue weighted by Gasteiger charge is -2.32. The van der Waals surface area contributed by atoms with Crippen molar-refractivity contribution in [2.45, 2.75) is 49.9 Å². The van der Waals surface area contributed by atoms with Gasteiger partial charge in [0.05, 0.1) is 10.9 Å². The Hall–Kier alpha value is -2.40. The van der Waals surface area contributed by atoms with Gasteiger partial charge in [0.2, 0.25) is 10.0 Å². The fourth-order valence-electron chi connectivity index (χ4n) is 4.86. The summed E-state index contributed by atoms with van der Waals surface area (Å²) in [5.41, 5.74) is 4.29. The van der Waals surface area contributed by atoms with Crippen LogP contribution in [-0.2, 0) is 10.0 Å². The number of thiazole rings is 1. The van der Waals surface area contributed by atoms with Crippen molar-refractivity contribution in [3.05, 3.63) is 74.2 Å². The van der Waals surface area contributed by atoms with E-state index in [1.807, 2.05) is 12.3 Å². The van der Waals surface area contributed by atoms with Crippen LogP contribution in [0.1, 0.15) is 49.2 Å². The van der Waals surface area contributed by atoms with Crippen molar-refractivity contribution in [3.63, 3.8) is 0 Å². The Bertz CT molecular complexity index is 1430. The monoisotopic (exact) mass is 531 g/mol. The van der Waals surface area contributed by atoms with Crippen LogP contribution < -0.4 is 4.72 Å². The summed E-state index contributed by atoms with van der Waals surface area (Å²) in [5.74, 6) is 0.246. The Balaban J connectivity index is 1.50. The summed E-state index contributed by atoms with van der Waals surface area (Å²) in [6.07, 6.45) is 6.42. The third-order valence-electron chi connectivity index (χ3n) is 6.61. The molecule has 4 aliphatic rings. The van der Waals surface area contributed by atoms with E-state index in [4.69, 9.17) is 21.6 Å². The standard InChI is InChI=1S/C24H23ClFN5O2S2/c1-13-2-7-19(28-13)21-20-11-15(30-35(32,33)16-4-5-16)12-31(20)23(24-27-8-9-34-24)29-22(21)17-6-3-14(26)10-18(17)25/h3,6-10,15-16,22,30H,2,4-5,11-12H2,1H3/t15-,22-/m0/s1. The summed E-state index contributed by atoms with van der Waals surface area (Å²) in [6.45, 7) is 2.42. The average molecular weight is 532 g/mol. The molecule has 7 nitrogen and oxygen atoms in total. The average Bonchev–Trinajstić information content (AvgIpc) is 3.17. The number of halogens is 2. The molecule has 0 amide bonds. The molecule has 182 valence electrons. The van der Waals surface area contributed by atoms with Crippen LogP contribution in [0.15, 0.2) is 62.8 Å². The van der Waals surface area contributed by atoms with Crippen LogP contribution in [0.3, 0.4) is 0 Å². The number of benzene rings is 1. The van der Waals surface area contributed by atoms with E-state index in [9.17, 15) is 12.8 Å². The topological polar surface area (TPSA) is 87.0 Å². The van der Waals surface area contributed by atoms with Crippen molar-refractivity contribution in [1.29, 1.82) is 0 Å². The number of rotatable bonds is 6. The van der Waals surface area contributed by atoms with Crippen LogP contribution in [0.2, 0.25) is 5.02 Å². The van der Waals surface area contributed by atoms with Gasteiger partial charge in [-0.25, -0.2) is 22.5 Å². The highest BCUT2D eigenvalue weighted by Crippen LogP contribution is 2.46. The van der Waals surface area contributed by atoms with Crippen molar-refractivity contribution in [3.8, 4) is 0 Å². The van der Waals surface area contributed by atoms with Gasteiger partial charge in [-0.3, -0.25) is 9.98 Å². The summed E-state index contributed by atoms with van der Waals surface area (Å²) in [7, 11) is -3.36. The van der Waals surface area contributed by atoms with Gasteiger partial charge in [0.15, 0.2) is 10.8 Å². The largest absolute Gasteiger partial charge is 0.326 e. The quantitative estimate of drug-likeness (QED) is 0.590. The smallest absolute Gasteiger partial charge is 0.214 e. The third kappa shape index (κ3) is 4.26. The van der Waals surface area contributed by atoms with E-state index in [2.05, 4.69) is 20.7 Å². The van der Waals surface area contributed by atoms with Gasteiger partial charge in [0, 0.05) is 64.6 Å². The SMILES string of the molecule is CC1=NC(C2=C3C[C@H](NS(=O)(=O)C4CC4)CN3C(c3nccs3)=N[C@H]2c2ccc(F)cc2Cl)=CC1. The van der Waals surface area contributed by atoms with E-state index in [-0.39, 0.29) is 16.3 Å². The molecule has 1 saturated carbocycles. The summed E-state index contributed by atoms with van der Waals surface area (Å²) >= 11 is 8.00. The zero-order valence-corrected chi connectivity index (χ0v) is 21.3. The molecule has 4 heterocycles. The zero-order chi connectivity index (χ0) is 24.3. The number of nitrogens with zero attached hydrogens (tertiary/aromatic N) is 4. The van der Waals surface area contributed by atoms with Crippen LogP contribution in [0.4, 0.5) is 4.39 Å². The predicted molar refractivity (Wildman–Crippen MR) is 136 cm³/mol. The fourth-order valence-corrected chi connectivity index (χ4v) is 7.34. The van der Waals surface area contributed by atoms with Gasteiger partial charge >= 0.3 is 0 Å². The first-order valence-corrected chi connectivity index (χ1v) is 14.3. The molecule has 6 rings (SSSR count). The molecule has 0 unspecified atom stereocenters. The second-order valence-corrected chi connectivity index (χ2v) is 12.5. The summed E-state index contributed by atoms with van der Waals surface area (Å²) in [6, 6.07) is 3.52. The number of hydrogen-bond acceptors (Lipinski definition) is 7. The molecule has 3 aliphatic heterocycles. The first-order valence-electron chi connectivity index (χ1n) is 11.5. The molecule has 2 aromatic rings. The van der Waals surface area contributed by atoms with Gasteiger partial charge < -0.3 is 4.90 Å². The minimum absolute atomic E-state index is 0.284. The molecule has 2 fully saturated rings. The molecular weight excluding hydrogens is 509 g/mol. The summed E-state index contributed by atoms with van der Waals surface area (Å²) in [5, 5.41) is 2.60. The van der Waals surface area contributed by atoms with Gasteiger partial charge in [-0.1, -0.05) is 23.7 Å². The third-order valence-corrected chi connectivity index (χ3v) is 9.72. The number of nitrogens with one attached hydrogen (secondary N) is 1. The highest BCUT2D eigenvalue weighted by atomic mass is 35.5. The van der Waals surface area contributed by atoms with E-state index in [1.165, 1.54) is 23.5 Å².